The van der Waals surface area contributed by atoms with Crippen LogP contribution in [0.3, 0.4) is 0 Å². The van der Waals surface area contributed by atoms with Crippen LogP contribution in [-0.4, -0.2) is 41.7 Å². The third-order valence-electron chi connectivity index (χ3n) is 3.28. The summed E-state index contributed by atoms with van der Waals surface area (Å²) >= 11 is 0. The third kappa shape index (κ3) is 6.46. The zero-order chi connectivity index (χ0) is 17.6. The molecule has 0 fully saturated rings. The Hall–Kier alpha value is -1.79. The summed E-state index contributed by atoms with van der Waals surface area (Å²) in [6, 6.07) is 5.32. The van der Waals surface area contributed by atoms with Crippen molar-refractivity contribution in [1.29, 1.82) is 0 Å². The maximum absolute atomic E-state index is 11.5. The second-order valence-electron chi connectivity index (χ2n) is 6.45. The van der Waals surface area contributed by atoms with Gasteiger partial charge in [0.25, 0.3) is 0 Å². The van der Waals surface area contributed by atoms with E-state index in [1.165, 1.54) is 0 Å². The van der Waals surface area contributed by atoms with Crippen molar-refractivity contribution in [1.82, 2.24) is 5.32 Å². The van der Waals surface area contributed by atoms with E-state index in [1.54, 1.807) is 40.0 Å². The van der Waals surface area contributed by atoms with Crippen molar-refractivity contribution in [3.63, 3.8) is 0 Å². The zero-order valence-electron chi connectivity index (χ0n) is 14.4. The zero-order valence-corrected chi connectivity index (χ0v) is 14.4. The Morgan fingerprint density at radius 3 is 2.52 bits per heavy atom. The molecule has 1 aromatic rings. The number of aryl methyl sites for hydroxylation is 1. The molecule has 1 amide bonds. The topological polar surface area (TPSA) is 88.0 Å². The fraction of sp³-hybridized carbons (Fsp3) is 0.588. The third-order valence-corrected chi connectivity index (χ3v) is 3.28. The Morgan fingerprint density at radius 1 is 1.30 bits per heavy atom. The van der Waals surface area contributed by atoms with Crippen LogP contribution in [0.25, 0.3) is 0 Å². The predicted molar refractivity (Wildman–Crippen MR) is 87.6 cm³/mol. The molecule has 0 saturated carbocycles. The summed E-state index contributed by atoms with van der Waals surface area (Å²) < 4.78 is 10.2. The Bertz CT molecular complexity index is 524. The van der Waals surface area contributed by atoms with Crippen LogP contribution in [0, 0.1) is 6.92 Å². The number of hydrogen-bond donors (Lipinski definition) is 3. The Balaban J connectivity index is 2.54. The lowest BCUT2D eigenvalue weighted by molar-refractivity contribution is 0.0119. The number of aliphatic hydroxyl groups is 2. The van der Waals surface area contributed by atoms with Crippen molar-refractivity contribution >= 4 is 6.09 Å². The number of amides is 1. The molecule has 3 N–H and O–H groups in total. The molecule has 6 heteroatoms. The first-order valence-corrected chi connectivity index (χ1v) is 7.61. The Kier molecular flexibility index (Phi) is 6.84. The maximum atomic E-state index is 11.5. The summed E-state index contributed by atoms with van der Waals surface area (Å²) in [6.07, 6.45) is -2.39. The van der Waals surface area contributed by atoms with Gasteiger partial charge >= 0.3 is 6.09 Å². The van der Waals surface area contributed by atoms with Gasteiger partial charge in [0.05, 0.1) is 13.2 Å². The van der Waals surface area contributed by atoms with Gasteiger partial charge in [0, 0.05) is 6.54 Å². The number of ether oxygens (including phenoxy) is 2. The number of benzene rings is 1. The second-order valence-corrected chi connectivity index (χ2v) is 6.45. The maximum Gasteiger partial charge on any atom is 0.407 e. The van der Waals surface area contributed by atoms with Crippen LogP contribution in [0.1, 0.15) is 44.4 Å². The molecule has 0 spiro atoms. The lowest BCUT2D eigenvalue weighted by atomic mass is 9.97. The summed E-state index contributed by atoms with van der Waals surface area (Å²) in [6.45, 7) is 7.38. The van der Waals surface area contributed by atoms with Gasteiger partial charge < -0.3 is 25.0 Å². The summed E-state index contributed by atoms with van der Waals surface area (Å²) in [7, 11) is 1.54. The van der Waals surface area contributed by atoms with Gasteiger partial charge in [-0.3, -0.25) is 0 Å². The standard InChI is InChI=1S/C17H27NO5/c1-11-6-7-12(22-5)10-13(11)15(20)14(19)8-9-18-16(21)23-17(2,3)4/h6-7,10,14-15,19-20H,8-9H2,1-5H3,(H,18,21). The van der Waals surface area contributed by atoms with E-state index >= 15 is 0 Å². The number of hydrogen-bond acceptors (Lipinski definition) is 5. The van der Waals surface area contributed by atoms with Crippen molar-refractivity contribution in [3.8, 4) is 5.75 Å². The van der Waals surface area contributed by atoms with Crippen LogP contribution in [0.4, 0.5) is 4.79 Å². The SMILES string of the molecule is COc1ccc(C)c(C(O)C(O)CCNC(=O)OC(C)(C)C)c1. The van der Waals surface area contributed by atoms with Gasteiger partial charge in [-0.25, -0.2) is 4.79 Å². The van der Waals surface area contributed by atoms with Crippen LogP contribution in [0.2, 0.25) is 0 Å². The van der Waals surface area contributed by atoms with E-state index in [-0.39, 0.29) is 13.0 Å². The minimum atomic E-state index is -1.05. The molecule has 23 heavy (non-hydrogen) atoms. The average molecular weight is 325 g/mol. The molecule has 1 rings (SSSR count). The van der Waals surface area contributed by atoms with Crippen LogP contribution in [0.5, 0.6) is 5.75 Å². The van der Waals surface area contributed by atoms with E-state index in [0.29, 0.717) is 11.3 Å². The van der Waals surface area contributed by atoms with Gasteiger partial charge in [-0.15, -0.1) is 0 Å². The molecule has 0 aliphatic heterocycles. The van der Waals surface area contributed by atoms with Crippen molar-refractivity contribution in [2.24, 2.45) is 0 Å². The normalized spacial score (nSPS) is 14.0. The monoisotopic (exact) mass is 325 g/mol. The van der Waals surface area contributed by atoms with Crippen molar-refractivity contribution < 1.29 is 24.5 Å². The summed E-state index contributed by atoms with van der Waals surface area (Å²) in [5.41, 5.74) is 0.895. The largest absolute Gasteiger partial charge is 0.497 e. The molecule has 2 atom stereocenters. The highest BCUT2D eigenvalue weighted by Crippen LogP contribution is 2.26. The number of carbonyl (C=O) groups is 1. The van der Waals surface area contributed by atoms with Gasteiger partial charge in [0.2, 0.25) is 0 Å². The number of aliphatic hydroxyl groups excluding tert-OH is 2. The molecule has 0 aliphatic rings. The van der Waals surface area contributed by atoms with Gasteiger partial charge in [0.15, 0.2) is 0 Å². The molecular formula is C17H27NO5. The van der Waals surface area contributed by atoms with Crippen LogP contribution < -0.4 is 10.1 Å². The fourth-order valence-electron chi connectivity index (χ4n) is 2.07. The van der Waals surface area contributed by atoms with E-state index in [2.05, 4.69) is 5.32 Å². The van der Waals surface area contributed by atoms with Crippen LogP contribution in [-0.2, 0) is 4.74 Å². The first kappa shape index (κ1) is 19.3. The predicted octanol–water partition coefficient (Wildman–Crippen LogP) is 2.31. The molecule has 6 nitrogen and oxygen atoms in total. The molecular weight excluding hydrogens is 298 g/mol. The highest BCUT2D eigenvalue weighted by molar-refractivity contribution is 5.67. The molecule has 0 aromatic heterocycles. The van der Waals surface area contributed by atoms with Crippen molar-refractivity contribution in [2.45, 2.75) is 51.9 Å². The number of methoxy groups -OCH3 is 1. The summed E-state index contributed by atoms with van der Waals surface area (Å²) in [4.78, 5) is 11.5. The molecule has 130 valence electrons. The van der Waals surface area contributed by atoms with Gasteiger partial charge in [-0.05, 0) is 57.4 Å². The minimum absolute atomic E-state index is 0.205. The summed E-state index contributed by atoms with van der Waals surface area (Å²) in [5.74, 6) is 0.615. The number of carbonyl (C=O) groups excluding carboxylic acids is 1. The van der Waals surface area contributed by atoms with E-state index in [9.17, 15) is 15.0 Å². The van der Waals surface area contributed by atoms with E-state index in [1.807, 2.05) is 13.0 Å². The van der Waals surface area contributed by atoms with Crippen LogP contribution in [0.15, 0.2) is 18.2 Å². The van der Waals surface area contributed by atoms with E-state index in [0.717, 1.165) is 5.56 Å². The Morgan fingerprint density at radius 2 is 1.96 bits per heavy atom. The highest BCUT2D eigenvalue weighted by Gasteiger charge is 2.21. The smallest absolute Gasteiger partial charge is 0.407 e. The van der Waals surface area contributed by atoms with Crippen LogP contribution >= 0.6 is 0 Å². The molecule has 0 radical (unpaired) electrons. The van der Waals surface area contributed by atoms with E-state index in [4.69, 9.17) is 9.47 Å². The molecule has 0 aliphatic carbocycles. The average Bonchev–Trinajstić information content (AvgIpc) is 2.45. The minimum Gasteiger partial charge on any atom is -0.497 e. The van der Waals surface area contributed by atoms with E-state index < -0.39 is 23.9 Å². The Labute approximate surface area is 137 Å². The lowest BCUT2D eigenvalue weighted by Gasteiger charge is -2.22. The molecule has 0 bridgehead atoms. The first-order valence-electron chi connectivity index (χ1n) is 7.61. The molecule has 2 unspecified atom stereocenters. The van der Waals surface area contributed by atoms with Crippen molar-refractivity contribution in [2.75, 3.05) is 13.7 Å². The number of alkyl carbamates (subject to hydrolysis) is 1. The highest BCUT2D eigenvalue weighted by atomic mass is 16.6. The van der Waals surface area contributed by atoms with Gasteiger partial charge in [-0.2, -0.15) is 0 Å². The fourth-order valence-corrected chi connectivity index (χ4v) is 2.07. The second kappa shape index (κ2) is 8.17. The van der Waals surface area contributed by atoms with Crippen molar-refractivity contribution in [3.05, 3.63) is 29.3 Å². The quantitative estimate of drug-likeness (QED) is 0.747. The molecule has 0 saturated heterocycles. The number of nitrogens with one attached hydrogen (secondary N) is 1. The summed E-state index contributed by atoms with van der Waals surface area (Å²) in [5, 5.41) is 23.0. The molecule has 0 heterocycles. The lowest BCUT2D eigenvalue weighted by Crippen LogP contribution is -2.34. The van der Waals surface area contributed by atoms with Gasteiger partial charge in [0.1, 0.15) is 17.5 Å². The first-order chi connectivity index (χ1) is 10.6. The van der Waals surface area contributed by atoms with Gasteiger partial charge in [-0.1, -0.05) is 6.07 Å². The number of rotatable bonds is 6. The molecule has 1 aromatic carbocycles.